The van der Waals surface area contributed by atoms with Crippen LogP contribution in [0.5, 0.6) is 5.75 Å². The van der Waals surface area contributed by atoms with Crippen LogP contribution < -0.4 is 4.74 Å². The Kier molecular flexibility index (Phi) is 10.1. The number of hydrogen-bond acceptors (Lipinski definition) is 6. The highest BCUT2D eigenvalue weighted by atomic mass is 32.2. The Bertz CT molecular complexity index is 631. The molecule has 6 heteroatoms. The van der Waals surface area contributed by atoms with Crippen LogP contribution in [0.25, 0.3) is 0 Å². The maximum atomic E-state index is 11.9. The zero-order valence-corrected chi connectivity index (χ0v) is 17.2. The number of rotatable bonds is 12. The number of carbonyl (C=O) groups excluding carboxylic acids is 2. The van der Waals surface area contributed by atoms with Gasteiger partial charge >= 0.3 is 5.97 Å². The molecule has 5 nitrogen and oxygen atoms in total. The number of thioether (sulfide) groups is 1. The number of hydrogen-bond donors (Lipinski definition) is 1. The van der Waals surface area contributed by atoms with Gasteiger partial charge in [0.2, 0.25) is 0 Å². The first-order valence-corrected chi connectivity index (χ1v) is 10.9. The lowest BCUT2D eigenvalue weighted by atomic mass is 10.1. The lowest BCUT2D eigenvalue weighted by molar-refractivity contribution is -0.140. The molecule has 0 heterocycles. The van der Waals surface area contributed by atoms with E-state index >= 15 is 0 Å². The van der Waals surface area contributed by atoms with Gasteiger partial charge in [0, 0.05) is 24.5 Å². The molecule has 0 aliphatic heterocycles. The molecule has 0 unspecified atom stereocenters. The smallest absolute Gasteiger partial charge is 0.305 e. The van der Waals surface area contributed by atoms with Crippen LogP contribution >= 0.6 is 11.8 Å². The number of ketones is 1. The van der Waals surface area contributed by atoms with Gasteiger partial charge in [-0.05, 0) is 36.6 Å². The van der Waals surface area contributed by atoms with E-state index in [1.54, 1.807) is 6.08 Å². The predicted octanol–water partition coefficient (Wildman–Crippen LogP) is 3.80. The molecule has 154 valence electrons. The zero-order chi connectivity index (χ0) is 20.2. The van der Waals surface area contributed by atoms with Gasteiger partial charge in [-0.25, -0.2) is 0 Å². The standard InChI is InChI=1S/C22H30O5S/c1-26-22(25)10-6-3-7-13-28-21-15-19(24)14-17(21)11-12-18(23)16-27-20-8-4-2-5-9-20/h2,4-5,8-9,11-12,17-18,21,23H,3,6-7,10,13-16H2,1H3/b12-11+/t17-,18-,21+/m0/s1. The second-order valence-electron chi connectivity index (χ2n) is 6.98. The predicted molar refractivity (Wildman–Crippen MR) is 112 cm³/mol. The molecule has 2 rings (SSSR count). The first kappa shape index (κ1) is 22.5. The van der Waals surface area contributed by atoms with Crippen LogP contribution in [0.3, 0.4) is 0 Å². The molecule has 0 spiro atoms. The minimum Gasteiger partial charge on any atom is -0.491 e. The largest absolute Gasteiger partial charge is 0.491 e. The second-order valence-corrected chi connectivity index (χ2v) is 8.33. The minimum atomic E-state index is -0.695. The fourth-order valence-electron chi connectivity index (χ4n) is 3.14. The molecule has 1 aliphatic carbocycles. The van der Waals surface area contributed by atoms with Crippen molar-refractivity contribution in [3.63, 3.8) is 0 Å². The SMILES string of the molecule is COC(=O)CCCCCS[C@@H]1CC(=O)C[C@@H]1/C=C/[C@H](O)COc1ccccc1. The molecule has 1 N–H and O–H groups in total. The third-order valence-corrected chi connectivity index (χ3v) is 6.17. The number of allylic oxidation sites excluding steroid dienone is 1. The first-order chi connectivity index (χ1) is 13.6. The summed E-state index contributed by atoms with van der Waals surface area (Å²) < 4.78 is 10.2. The quantitative estimate of drug-likeness (QED) is 0.323. The Morgan fingerprint density at radius 1 is 1.25 bits per heavy atom. The molecule has 1 aliphatic rings. The Balaban J connectivity index is 1.68. The van der Waals surface area contributed by atoms with E-state index in [4.69, 9.17) is 4.74 Å². The molecule has 0 bridgehead atoms. The fraction of sp³-hybridized carbons (Fsp3) is 0.545. The Labute approximate surface area is 171 Å². The van der Waals surface area contributed by atoms with Crippen molar-refractivity contribution in [1.82, 2.24) is 0 Å². The van der Waals surface area contributed by atoms with Crippen molar-refractivity contribution in [2.45, 2.75) is 49.9 Å². The highest BCUT2D eigenvalue weighted by Crippen LogP contribution is 2.34. The third kappa shape index (κ3) is 8.48. The van der Waals surface area contributed by atoms with Gasteiger partial charge < -0.3 is 14.6 Å². The van der Waals surface area contributed by atoms with Gasteiger partial charge in [-0.2, -0.15) is 11.8 Å². The summed E-state index contributed by atoms with van der Waals surface area (Å²) in [5.41, 5.74) is 0. The van der Waals surface area contributed by atoms with Gasteiger partial charge in [-0.3, -0.25) is 9.59 Å². The summed E-state index contributed by atoms with van der Waals surface area (Å²) in [6.45, 7) is 0.194. The average Bonchev–Trinajstić information content (AvgIpc) is 3.07. The first-order valence-electron chi connectivity index (χ1n) is 9.83. The number of benzene rings is 1. The number of aliphatic hydroxyl groups excluding tert-OH is 1. The lowest BCUT2D eigenvalue weighted by Gasteiger charge is -2.16. The second kappa shape index (κ2) is 12.6. The molecule has 1 aromatic rings. The minimum absolute atomic E-state index is 0.158. The Hall–Kier alpha value is -1.79. The molecule has 28 heavy (non-hydrogen) atoms. The molecular weight excluding hydrogens is 376 g/mol. The molecule has 3 atom stereocenters. The molecule has 1 fully saturated rings. The molecule has 0 amide bonds. The van der Waals surface area contributed by atoms with E-state index in [0.717, 1.165) is 30.8 Å². The lowest BCUT2D eigenvalue weighted by Crippen LogP contribution is -2.16. The number of aliphatic hydroxyl groups is 1. The number of methoxy groups -OCH3 is 1. The van der Waals surface area contributed by atoms with Crippen molar-refractivity contribution in [1.29, 1.82) is 0 Å². The van der Waals surface area contributed by atoms with Gasteiger partial charge in [-0.1, -0.05) is 36.8 Å². The van der Waals surface area contributed by atoms with Gasteiger partial charge in [0.25, 0.3) is 0 Å². The maximum Gasteiger partial charge on any atom is 0.305 e. The van der Waals surface area contributed by atoms with E-state index in [9.17, 15) is 14.7 Å². The summed E-state index contributed by atoms with van der Waals surface area (Å²) in [6.07, 6.45) is 7.48. The van der Waals surface area contributed by atoms with Crippen molar-refractivity contribution in [2.75, 3.05) is 19.5 Å². The highest BCUT2D eigenvalue weighted by molar-refractivity contribution is 7.99. The van der Waals surface area contributed by atoms with E-state index in [1.807, 2.05) is 48.2 Å². The molecule has 0 saturated heterocycles. The van der Waals surface area contributed by atoms with E-state index in [-0.39, 0.29) is 29.5 Å². The van der Waals surface area contributed by atoms with Crippen molar-refractivity contribution in [2.24, 2.45) is 5.92 Å². The molecule has 0 radical (unpaired) electrons. The maximum absolute atomic E-state index is 11.9. The number of para-hydroxylation sites is 1. The van der Waals surface area contributed by atoms with Gasteiger partial charge in [0.05, 0.1) is 7.11 Å². The number of Topliss-reactive ketones (excluding diaryl/α,β-unsaturated/α-hetero) is 1. The Morgan fingerprint density at radius 3 is 2.79 bits per heavy atom. The van der Waals surface area contributed by atoms with E-state index in [2.05, 4.69) is 4.74 Å². The summed E-state index contributed by atoms with van der Waals surface area (Å²) in [7, 11) is 1.41. The van der Waals surface area contributed by atoms with Crippen LogP contribution in [0.15, 0.2) is 42.5 Å². The van der Waals surface area contributed by atoms with Crippen molar-refractivity contribution < 1.29 is 24.2 Å². The number of unbranched alkanes of at least 4 members (excludes halogenated alkanes) is 2. The van der Waals surface area contributed by atoms with Crippen LogP contribution in [-0.4, -0.2) is 47.7 Å². The van der Waals surface area contributed by atoms with Crippen LogP contribution in [0.4, 0.5) is 0 Å². The molecule has 0 aromatic heterocycles. The van der Waals surface area contributed by atoms with E-state index in [0.29, 0.717) is 19.3 Å². The normalized spacial score (nSPS) is 20.4. The number of ether oxygens (including phenoxy) is 2. The molecule has 1 saturated carbocycles. The van der Waals surface area contributed by atoms with Gasteiger partial charge in [0.1, 0.15) is 24.2 Å². The van der Waals surface area contributed by atoms with Crippen LogP contribution in [0.2, 0.25) is 0 Å². The molecular formula is C22H30O5S. The summed E-state index contributed by atoms with van der Waals surface area (Å²) in [6, 6.07) is 9.39. The van der Waals surface area contributed by atoms with Crippen LogP contribution in [0.1, 0.15) is 38.5 Å². The summed E-state index contributed by atoms with van der Waals surface area (Å²) in [5, 5.41) is 10.4. The van der Waals surface area contributed by atoms with Crippen molar-refractivity contribution in [3.8, 4) is 5.75 Å². The Morgan fingerprint density at radius 2 is 2.04 bits per heavy atom. The van der Waals surface area contributed by atoms with Gasteiger partial charge in [0.15, 0.2) is 0 Å². The van der Waals surface area contributed by atoms with E-state index in [1.165, 1.54) is 7.11 Å². The van der Waals surface area contributed by atoms with Crippen LogP contribution in [0, 0.1) is 5.92 Å². The third-order valence-electron chi connectivity index (χ3n) is 4.70. The van der Waals surface area contributed by atoms with Crippen molar-refractivity contribution >= 4 is 23.5 Å². The summed E-state index contributed by atoms with van der Waals surface area (Å²) in [4.78, 5) is 23.0. The average molecular weight is 407 g/mol. The van der Waals surface area contributed by atoms with E-state index < -0.39 is 6.10 Å². The highest BCUT2D eigenvalue weighted by Gasteiger charge is 2.31. The molecule has 1 aromatic carbocycles. The van der Waals surface area contributed by atoms with Gasteiger partial charge in [-0.15, -0.1) is 0 Å². The topological polar surface area (TPSA) is 72.8 Å². The number of esters is 1. The van der Waals surface area contributed by atoms with Crippen LogP contribution in [-0.2, 0) is 14.3 Å². The monoisotopic (exact) mass is 406 g/mol. The fourth-order valence-corrected chi connectivity index (χ4v) is 4.55. The zero-order valence-electron chi connectivity index (χ0n) is 16.4. The number of carbonyl (C=O) groups is 2. The summed E-state index contributed by atoms with van der Waals surface area (Å²) in [5.74, 6) is 2.00. The summed E-state index contributed by atoms with van der Waals surface area (Å²) >= 11 is 1.82. The van der Waals surface area contributed by atoms with Crippen molar-refractivity contribution in [3.05, 3.63) is 42.5 Å².